The molecule has 0 amide bonds. The summed E-state index contributed by atoms with van der Waals surface area (Å²) in [5.41, 5.74) is 2.30. The van der Waals surface area contributed by atoms with Crippen LogP contribution in [0.5, 0.6) is 11.5 Å². The molecule has 0 fully saturated rings. The van der Waals surface area contributed by atoms with E-state index in [0.717, 1.165) is 17.1 Å². The molecular weight excluding hydrogens is 236 g/mol. The fraction of sp³-hybridized carbons (Fsp3) is 0.294. The van der Waals surface area contributed by atoms with E-state index >= 15 is 0 Å². The van der Waals surface area contributed by atoms with Crippen molar-refractivity contribution in [3.05, 3.63) is 59.7 Å². The Kier molecular flexibility index (Phi) is 3.79. The maximum Gasteiger partial charge on any atom is 0.126 e. The molecule has 2 aromatic rings. The van der Waals surface area contributed by atoms with Crippen LogP contribution in [0, 0.1) is 0 Å². The number of rotatable bonds is 4. The van der Waals surface area contributed by atoms with E-state index in [1.165, 1.54) is 5.56 Å². The average Bonchev–Trinajstić information content (AvgIpc) is 2.47. The van der Waals surface area contributed by atoms with Gasteiger partial charge >= 0.3 is 0 Å². The van der Waals surface area contributed by atoms with Crippen LogP contribution >= 0.6 is 0 Å². The topological polar surface area (TPSA) is 18.5 Å². The molecule has 0 bridgehead atoms. The largest absolute Gasteiger partial charge is 0.497 e. The Balaban J connectivity index is 2.51. The summed E-state index contributed by atoms with van der Waals surface area (Å²) in [5, 5.41) is 0. The molecule has 2 aromatic carbocycles. The van der Waals surface area contributed by atoms with Gasteiger partial charge in [-0.15, -0.1) is 0 Å². The number of benzene rings is 2. The van der Waals surface area contributed by atoms with Crippen molar-refractivity contribution in [1.82, 2.24) is 0 Å². The minimum Gasteiger partial charge on any atom is -0.497 e. The molecule has 0 aliphatic rings. The van der Waals surface area contributed by atoms with Gasteiger partial charge in [-0.2, -0.15) is 0 Å². The van der Waals surface area contributed by atoms with Gasteiger partial charge in [0.2, 0.25) is 0 Å². The van der Waals surface area contributed by atoms with Crippen molar-refractivity contribution in [2.75, 3.05) is 14.2 Å². The monoisotopic (exact) mass is 256 g/mol. The number of hydrogen-bond acceptors (Lipinski definition) is 2. The summed E-state index contributed by atoms with van der Waals surface area (Å²) in [6, 6.07) is 16.4. The maximum absolute atomic E-state index is 5.52. The predicted octanol–water partition coefficient (Wildman–Crippen LogP) is 4.03. The molecule has 0 heterocycles. The van der Waals surface area contributed by atoms with Crippen LogP contribution in [0.25, 0.3) is 0 Å². The second kappa shape index (κ2) is 5.35. The van der Waals surface area contributed by atoms with Crippen molar-refractivity contribution in [3.63, 3.8) is 0 Å². The third kappa shape index (κ3) is 2.58. The summed E-state index contributed by atoms with van der Waals surface area (Å²) in [6.45, 7) is 4.40. The molecule has 0 aliphatic heterocycles. The van der Waals surface area contributed by atoms with Gasteiger partial charge in [0, 0.05) is 17.0 Å². The van der Waals surface area contributed by atoms with Gasteiger partial charge in [0.05, 0.1) is 14.2 Å². The molecule has 0 N–H and O–H groups in total. The quantitative estimate of drug-likeness (QED) is 0.822. The molecule has 19 heavy (non-hydrogen) atoms. The van der Waals surface area contributed by atoms with Crippen LogP contribution < -0.4 is 9.47 Å². The van der Waals surface area contributed by atoms with Crippen molar-refractivity contribution in [2.24, 2.45) is 0 Å². The van der Waals surface area contributed by atoms with Crippen molar-refractivity contribution >= 4 is 0 Å². The smallest absolute Gasteiger partial charge is 0.126 e. The summed E-state index contributed by atoms with van der Waals surface area (Å²) < 4.78 is 10.8. The minimum atomic E-state index is -0.112. The first-order valence-electron chi connectivity index (χ1n) is 6.37. The van der Waals surface area contributed by atoms with Gasteiger partial charge in [0.25, 0.3) is 0 Å². The van der Waals surface area contributed by atoms with Gasteiger partial charge in [-0.25, -0.2) is 0 Å². The fourth-order valence-corrected chi connectivity index (χ4v) is 2.33. The summed E-state index contributed by atoms with van der Waals surface area (Å²) in [4.78, 5) is 0. The van der Waals surface area contributed by atoms with E-state index in [0.29, 0.717) is 0 Å². The van der Waals surface area contributed by atoms with Crippen molar-refractivity contribution in [1.29, 1.82) is 0 Å². The molecule has 100 valence electrons. The Morgan fingerprint density at radius 3 is 2.11 bits per heavy atom. The van der Waals surface area contributed by atoms with Crippen LogP contribution in [-0.2, 0) is 5.41 Å². The van der Waals surface area contributed by atoms with Crippen LogP contribution in [0.3, 0.4) is 0 Å². The zero-order valence-electron chi connectivity index (χ0n) is 11.9. The normalized spacial score (nSPS) is 11.2. The minimum absolute atomic E-state index is 0.112. The summed E-state index contributed by atoms with van der Waals surface area (Å²) >= 11 is 0. The molecule has 0 radical (unpaired) electrons. The summed E-state index contributed by atoms with van der Waals surface area (Å²) in [6.07, 6.45) is 0. The van der Waals surface area contributed by atoms with Crippen molar-refractivity contribution in [3.8, 4) is 11.5 Å². The first-order valence-corrected chi connectivity index (χ1v) is 6.37. The van der Waals surface area contributed by atoms with Crippen LogP contribution in [0.15, 0.2) is 48.5 Å². The highest BCUT2D eigenvalue weighted by molar-refractivity contribution is 5.49. The highest BCUT2D eigenvalue weighted by atomic mass is 16.5. The Labute approximate surface area is 115 Å². The molecule has 0 saturated heterocycles. The van der Waals surface area contributed by atoms with E-state index in [2.05, 4.69) is 44.2 Å². The molecule has 0 aromatic heterocycles. The van der Waals surface area contributed by atoms with E-state index in [9.17, 15) is 0 Å². The molecular formula is C17H20O2. The standard InChI is InChI=1S/C17H20O2/c1-17(2,13-8-6-5-7-9-13)15-11-10-14(18-3)12-16(15)19-4/h5-12H,1-4H3. The zero-order valence-corrected chi connectivity index (χ0v) is 11.9. The highest BCUT2D eigenvalue weighted by Gasteiger charge is 2.26. The molecule has 0 unspecified atom stereocenters. The Morgan fingerprint density at radius 1 is 0.842 bits per heavy atom. The van der Waals surface area contributed by atoms with Crippen LogP contribution in [0.2, 0.25) is 0 Å². The number of methoxy groups -OCH3 is 2. The molecule has 2 rings (SSSR count). The van der Waals surface area contributed by atoms with Crippen LogP contribution in [0.1, 0.15) is 25.0 Å². The van der Waals surface area contributed by atoms with E-state index in [-0.39, 0.29) is 5.41 Å². The third-order valence-electron chi connectivity index (χ3n) is 3.58. The van der Waals surface area contributed by atoms with E-state index < -0.39 is 0 Å². The molecule has 0 atom stereocenters. The molecule has 2 nitrogen and oxygen atoms in total. The fourth-order valence-electron chi connectivity index (χ4n) is 2.33. The SMILES string of the molecule is COc1ccc(C(C)(C)c2ccccc2)c(OC)c1. The van der Waals surface area contributed by atoms with E-state index in [4.69, 9.17) is 9.47 Å². The molecule has 2 heteroatoms. The lowest BCUT2D eigenvalue weighted by molar-refractivity contribution is 0.385. The second-order valence-corrected chi connectivity index (χ2v) is 5.06. The third-order valence-corrected chi connectivity index (χ3v) is 3.58. The lowest BCUT2D eigenvalue weighted by atomic mass is 9.77. The Hall–Kier alpha value is -1.96. The highest BCUT2D eigenvalue weighted by Crippen LogP contribution is 2.38. The molecule has 0 saturated carbocycles. The average molecular weight is 256 g/mol. The first-order chi connectivity index (χ1) is 9.09. The van der Waals surface area contributed by atoms with E-state index in [1.54, 1.807) is 14.2 Å². The van der Waals surface area contributed by atoms with Crippen LogP contribution in [0.4, 0.5) is 0 Å². The lowest BCUT2D eigenvalue weighted by Gasteiger charge is -2.28. The van der Waals surface area contributed by atoms with Gasteiger partial charge in [-0.05, 0) is 11.6 Å². The second-order valence-electron chi connectivity index (χ2n) is 5.06. The maximum atomic E-state index is 5.52. The lowest BCUT2D eigenvalue weighted by Crippen LogP contribution is -2.19. The predicted molar refractivity (Wildman–Crippen MR) is 78.1 cm³/mol. The Morgan fingerprint density at radius 2 is 1.53 bits per heavy atom. The number of ether oxygens (including phenoxy) is 2. The summed E-state index contributed by atoms with van der Waals surface area (Å²) in [7, 11) is 3.36. The number of hydrogen-bond donors (Lipinski definition) is 0. The van der Waals surface area contributed by atoms with Crippen molar-refractivity contribution in [2.45, 2.75) is 19.3 Å². The molecule has 0 aliphatic carbocycles. The van der Waals surface area contributed by atoms with Gasteiger partial charge in [0.15, 0.2) is 0 Å². The van der Waals surface area contributed by atoms with Gasteiger partial charge < -0.3 is 9.47 Å². The molecule has 0 spiro atoms. The Bertz CT molecular complexity index is 544. The van der Waals surface area contributed by atoms with Gasteiger partial charge in [-0.3, -0.25) is 0 Å². The van der Waals surface area contributed by atoms with Gasteiger partial charge in [0.1, 0.15) is 11.5 Å². The van der Waals surface area contributed by atoms with E-state index in [1.807, 2.05) is 18.2 Å². The summed E-state index contributed by atoms with van der Waals surface area (Å²) in [5.74, 6) is 1.66. The van der Waals surface area contributed by atoms with Crippen LogP contribution in [-0.4, -0.2) is 14.2 Å². The van der Waals surface area contributed by atoms with Crippen molar-refractivity contribution < 1.29 is 9.47 Å². The zero-order chi connectivity index (χ0) is 13.9. The first kappa shape index (κ1) is 13.5. The van der Waals surface area contributed by atoms with Gasteiger partial charge in [-0.1, -0.05) is 50.2 Å².